The van der Waals surface area contributed by atoms with E-state index in [0.717, 1.165) is 38.1 Å². The number of rotatable bonds is 10. The molecule has 0 saturated carbocycles. The normalized spacial score (nSPS) is 11.5. The number of benzene rings is 3. The van der Waals surface area contributed by atoms with Crippen LogP contribution in [0.4, 0.5) is 5.69 Å². The smallest absolute Gasteiger partial charge is 0.264 e. The lowest BCUT2D eigenvalue weighted by Gasteiger charge is -2.24. The van der Waals surface area contributed by atoms with Gasteiger partial charge in [0, 0.05) is 23.0 Å². The first-order valence-corrected chi connectivity index (χ1v) is 14.4. The first-order valence-electron chi connectivity index (χ1n) is 13.0. The molecule has 0 unspecified atom stereocenters. The van der Waals surface area contributed by atoms with Crippen molar-refractivity contribution >= 4 is 27.8 Å². The van der Waals surface area contributed by atoms with Crippen LogP contribution < -0.4 is 19.2 Å². The lowest BCUT2D eigenvalue weighted by atomic mass is 10.1. The van der Waals surface area contributed by atoms with Crippen LogP contribution in [0.3, 0.4) is 0 Å². The van der Waals surface area contributed by atoms with Crippen LogP contribution in [0.1, 0.15) is 28.1 Å². The molecule has 10 heteroatoms. The van der Waals surface area contributed by atoms with E-state index >= 15 is 0 Å². The number of aromatic nitrogens is 1. The van der Waals surface area contributed by atoms with Gasteiger partial charge in [-0.25, -0.2) is 13.8 Å². The minimum Gasteiger partial charge on any atom is -0.493 e. The topological polar surface area (TPSA) is 102 Å². The highest BCUT2D eigenvalue weighted by Crippen LogP contribution is 2.32. The third kappa shape index (κ3) is 6.12. The maximum absolute atomic E-state index is 13.7. The summed E-state index contributed by atoms with van der Waals surface area (Å²) in [5.41, 5.74) is 9.08. The molecule has 214 valence electrons. The number of anilines is 1. The Hall–Kier alpha value is -4.57. The van der Waals surface area contributed by atoms with Crippen molar-refractivity contribution in [2.45, 2.75) is 32.6 Å². The summed E-state index contributed by atoms with van der Waals surface area (Å²) in [5, 5.41) is 4.15. The van der Waals surface area contributed by atoms with Gasteiger partial charge in [-0.2, -0.15) is 5.10 Å². The Labute approximate surface area is 241 Å². The van der Waals surface area contributed by atoms with Crippen molar-refractivity contribution in [1.82, 2.24) is 9.99 Å². The first kappa shape index (κ1) is 29.4. The Morgan fingerprint density at radius 2 is 1.56 bits per heavy atom. The van der Waals surface area contributed by atoms with E-state index in [9.17, 15) is 13.2 Å². The fourth-order valence-electron chi connectivity index (χ4n) is 4.77. The zero-order valence-electron chi connectivity index (χ0n) is 24.0. The molecule has 0 radical (unpaired) electrons. The second kappa shape index (κ2) is 12.3. The first-order chi connectivity index (χ1) is 19.6. The lowest BCUT2D eigenvalue weighted by molar-refractivity contribution is -0.119. The third-order valence-electron chi connectivity index (χ3n) is 6.80. The van der Waals surface area contributed by atoms with Gasteiger partial charge in [-0.05, 0) is 69.2 Å². The maximum Gasteiger partial charge on any atom is 0.264 e. The Balaban J connectivity index is 1.58. The summed E-state index contributed by atoms with van der Waals surface area (Å²) in [6.45, 7) is 7.67. The molecule has 1 aromatic heterocycles. The summed E-state index contributed by atoms with van der Waals surface area (Å²) in [4.78, 5) is 13.0. The van der Waals surface area contributed by atoms with Crippen LogP contribution in [0.15, 0.2) is 82.8 Å². The van der Waals surface area contributed by atoms with Gasteiger partial charge in [0.2, 0.25) is 0 Å². The van der Waals surface area contributed by atoms with Gasteiger partial charge in [0.25, 0.3) is 15.9 Å². The van der Waals surface area contributed by atoms with Crippen molar-refractivity contribution in [2.24, 2.45) is 5.10 Å². The molecule has 0 fully saturated rings. The Morgan fingerprint density at radius 3 is 2.20 bits per heavy atom. The minimum absolute atomic E-state index is 0.0470. The van der Waals surface area contributed by atoms with E-state index in [-0.39, 0.29) is 10.6 Å². The van der Waals surface area contributed by atoms with Crippen molar-refractivity contribution in [2.75, 3.05) is 25.1 Å². The third-order valence-corrected chi connectivity index (χ3v) is 8.57. The van der Waals surface area contributed by atoms with Crippen LogP contribution >= 0.6 is 0 Å². The van der Waals surface area contributed by atoms with Crippen molar-refractivity contribution in [3.05, 3.63) is 101 Å². The molecule has 0 atom stereocenters. The molecule has 41 heavy (non-hydrogen) atoms. The van der Waals surface area contributed by atoms with Crippen molar-refractivity contribution < 1.29 is 22.7 Å². The van der Waals surface area contributed by atoms with E-state index in [2.05, 4.69) is 41.1 Å². The number of carbonyl (C=O) groups excluding carboxylic acids is 1. The molecule has 1 N–H and O–H groups in total. The van der Waals surface area contributed by atoms with Crippen molar-refractivity contribution in [3.8, 4) is 17.2 Å². The van der Waals surface area contributed by atoms with E-state index in [1.807, 2.05) is 26.0 Å². The molecule has 0 aliphatic carbocycles. The molecule has 0 bridgehead atoms. The van der Waals surface area contributed by atoms with Gasteiger partial charge < -0.3 is 14.0 Å². The van der Waals surface area contributed by atoms with Gasteiger partial charge in [-0.1, -0.05) is 36.4 Å². The van der Waals surface area contributed by atoms with Gasteiger partial charge in [0.05, 0.1) is 36.7 Å². The van der Waals surface area contributed by atoms with Crippen LogP contribution in [0.2, 0.25) is 0 Å². The Kier molecular flexibility index (Phi) is 8.83. The highest BCUT2D eigenvalue weighted by molar-refractivity contribution is 7.92. The number of methoxy groups -OCH3 is 2. The van der Waals surface area contributed by atoms with Crippen LogP contribution in [0.25, 0.3) is 5.69 Å². The van der Waals surface area contributed by atoms with E-state index in [1.54, 1.807) is 36.5 Å². The molecule has 0 aliphatic rings. The molecule has 3 aromatic carbocycles. The summed E-state index contributed by atoms with van der Waals surface area (Å²) < 4.78 is 41.1. The Bertz CT molecular complexity index is 1670. The van der Waals surface area contributed by atoms with Gasteiger partial charge in [0.1, 0.15) is 6.54 Å². The van der Waals surface area contributed by atoms with Gasteiger partial charge in [-0.3, -0.25) is 9.10 Å². The lowest BCUT2D eigenvalue weighted by Crippen LogP contribution is -2.39. The quantitative estimate of drug-likeness (QED) is 0.210. The number of hydrazone groups is 1. The number of ether oxygens (including phenoxy) is 2. The average molecular weight is 575 g/mol. The molecule has 1 amide bonds. The number of aryl methyl sites for hydroxylation is 3. The molecular formula is C31H34N4O5S. The highest BCUT2D eigenvalue weighted by atomic mass is 32.2. The molecule has 1 heterocycles. The standard InChI is InChI=1S/C31H34N4O5S/c1-21-11-10-12-22(2)31(21)35-23(3)17-25(24(35)4)19-32-33-30(36)20-34(26-13-8-7-9-14-26)41(37,38)27-15-16-28(39-5)29(18-27)40-6/h7-19H,20H2,1-6H3,(H,33,36)/b32-19-. The van der Waals surface area contributed by atoms with Crippen LogP contribution in [-0.4, -0.2) is 45.9 Å². The summed E-state index contributed by atoms with van der Waals surface area (Å²) in [6, 6.07) is 20.9. The zero-order valence-corrected chi connectivity index (χ0v) is 24.8. The molecule has 4 aromatic rings. The van der Waals surface area contributed by atoms with E-state index in [4.69, 9.17) is 9.47 Å². The van der Waals surface area contributed by atoms with Crippen LogP contribution in [0, 0.1) is 27.7 Å². The maximum atomic E-state index is 13.7. The van der Waals surface area contributed by atoms with Gasteiger partial charge in [-0.15, -0.1) is 0 Å². The second-order valence-corrected chi connectivity index (χ2v) is 11.4. The van der Waals surface area contributed by atoms with Gasteiger partial charge >= 0.3 is 0 Å². The monoisotopic (exact) mass is 574 g/mol. The van der Waals surface area contributed by atoms with Crippen molar-refractivity contribution in [1.29, 1.82) is 0 Å². The molecule has 0 spiro atoms. The number of hydrogen-bond acceptors (Lipinski definition) is 6. The predicted molar refractivity (Wildman–Crippen MR) is 161 cm³/mol. The molecular weight excluding hydrogens is 540 g/mol. The summed E-state index contributed by atoms with van der Waals surface area (Å²) in [6.07, 6.45) is 1.57. The summed E-state index contributed by atoms with van der Waals surface area (Å²) in [7, 11) is -1.26. The predicted octanol–water partition coefficient (Wildman–Crippen LogP) is 5.07. The zero-order chi connectivity index (χ0) is 29.7. The number of nitrogens with one attached hydrogen (secondary N) is 1. The molecule has 0 saturated heterocycles. The second-order valence-electron chi connectivity index (χ2n) is 9.56. The molecule has 0 aliphatic heterocycles. The number of sulfonamides is 1. The van der Waals surface area contributed by atoms with Crippen LogP contribution in [-0.2, 0) is 14.8 Å². The van der Waals surface area contributed by atoms with Crippen LogP contribution in [0.5, 0.6) is 11.5 Å². The molecule has 9 nitrogen and oxygen atoms in total. The SMILES string of the molecule is COc1ccc(S(=O)(=O)N(CC(=O)N/N=C\c2cc(C)n(-c3c(C)cccc3C)c2C)c2ccccc2)cc1OC. The van der Waals surface area contributed by atoms with Gasteiger partial charge in [0.15, 0.2) is 11.5 Å². The van der Waals surface area contributed by atoms with E-state index < -0.39 is 22.5 Å². The Morgan fingerprint density at radius 1 is 0.902 bits per heavy atom. The number of carbonyl (C=O) groups is 1. The summed E-state index contributed by atoms with van der Waals surface area (Å²) in [5.74, 6) is 0.0496. The fourth-order valence-corrected chi connectivity index (χ4v) is 6.21. The number of para-hydroxylation sites is 2. The fraction of sp³-hybridized carbons (Fsp3) is 0.226. The van der Waals surface area contributed by atoms with E-state index in [1.165, 1.54) is 32.4 Å². The largest absolute Gasteiger partial charge is 0.493 e. The van der Waals surface area contributed by atoms with E-state index in [0.29, 0.717) is 11.4 Å². The highest BCUT2D eigenvalue weighted by Gasteiger charge is 2.28. The molecule has 4 rings (SSSR count). The minimum atomic E-state index is -4.15. The number of amides is 1. The van der Waals surface area contributed by atoms with Crippen molar-refractivity contribution in [3.63, 3.8) is 0 Å². The number of nitrogens with zero attached hydrogens (tertiary/aromatic N) is 3. The number of hydrogen-bond donors (Lipinski definition) is 1. The average Bonchev–Trinajstić information content (AvgIpc) is 3.23. The summed E-state index contributed by atoms with van der Waals surface area (Å²) >= 11 is 0.